The minimum Gasteiger partial charge on any atom is -0.300 e. The molecule has 0 atom stereocenters. The Kier molecular flexibility index (Phi) is 12.6. The molecule has 0 aromatic heterocycles. The quantitative estimate of drug-likeness (QED) is 0.359. The summed E-state index contributed by atoms with van der Waals surface area (Å²) in [4.78, 5) is 10.7. The highest BCUT2D eigenvalue weighted by Gasteiger charge is 1.94. The van der Waals surface area contributed by atoms with E-state index in [2.05, 4.69) is 0 Å². The van der Waals surface area contributed by atoms with E-state index in [1.54, 1.807) is 6.92 Å². The maximum atomic E-state index is 10.7. The van der Waals surface area contributed by atoms with Gasteiger partial charge in [0.2, 0.25) is 0 Å². The van der Waals surface area contributed by atoms with Crippen LogP contribution in [0.4, 0.5) is 0 Å². The van der Waals surface area contributed by atoms with Crippen molar-refractivity contribution < 1.29 is 4.79 Å². The van der Waals surface area contributed by atoms with E-state index in [-0.39, 0.29) is 0 Å². The largest absolute Gasteiger partial charge is 0.300 e. The summed E-state index contributed by atoms with van der Waals surface area (Å²) in [6.45, 7) is 1.68. The molecule has 0 aliphatic carbocycles. The van der Waals surface area contributed by atoms with E-state index < -0.39 is 0 Å². The fourth-order valence-corrected chi connectivity index (χ4v) is 2.01. The van der Waals surface area contributed by atoms with Crippen molar-refractivity contribution in [2.24, 2.45) is 0 Å². The summed E-state index contributed by atoms with van der Waals surface area (Å²) in [6.07, 6.45) is 13.5. The summed E-state index contributed by atoms with van der Waals surface area (Å²) in [6, 6.07) is 0. The van der Waals surface area contributed by atoms with Crippen LogP contribution >= 0.6 is 12.2 Å². The molecule has 0 aliphatic heterocycles. The Morgan fingerprint density at radius 3 is 1.75 bits per heavy atom. The number of hydrogen-bond donors (Lipinski definition) is 0. The van der Waals surface area contributed by atoms with Crippen molar-refractivity contribution in [3.05, 3.63) is 0 Å². The van der Waals surface area contributed by atoms with Crippen LogP contribution in [-0.2, 0) is 4.79 Å². The molecular weight excluding hydrogens is 216 g/mol. The number of unbranched alkanes of at least 4 members (excludes halogenated alkanes) is 9. The van der Waals surface area contributed by atoms with Crippen LogP contribution in [0.5, 0.6) is 0 Å². The van der Waals surface area contributed by atoms with Gasteiger partial charge in [-0.05, 0) is 31.6 Å². The fourth-order valence-electron chi connectivity index (χ4n) is 1.84. The molecule has 0 saturated heterocycles. The van der Waals surface area contributed by atoms with Crippen LogP contribution in [-0.4, -0.2) is 11.2 Å². The second kappa shape index (κ2) is 12.8. The standard InChI is InChI=1S/C14H26OS/c1-14(15)12-10-8-6-4-2-3-5-7-9-11-13-16/h13H,2-12H2,1H3. The predicted octanol–water partition coefficient (Wildman–Crippen LogP) is 4.87. The average molecular weight is 242 g/mol. The summed E-state index contributed by atoms with van der Waals surface area (Å²) < 4.78 is 0. The van der Waals surface area contributed by atoms with E-state index in [1.807, 2.05) is 5.37 Å². The maximum absolute atomic E-state index is 10.7. The first-order valence-electron chi connectivity index (χ1n) is 6.70. The highest BCUT2D eigenvalue weighted by molar-refractivity contribution is 7.78. The third-order valence-electron chi connectivity index (χ3n) is 2.85. The van der Waals surface area contributed by atoms with Gasteiger partial charge in [-0.25, -0.2) is 0 Å². The van der Waals surface area contributed by atoms with Gasteiger partial charge in [0.1, 0.15) is 5.78 Å². The molecule has 94 valence electrons. The van der Waals surface area contributed by atoms with E-state index in [4.69, 9.17) is 12.2 Å². The predicted molar refractivity (Wildman–Crippen MR) is 75.1 cm³/mol. The Morgan fingerprint density at radius 1 is 0.875 bits per heavy atom. The molecule has 0 spiro atoms. The molecule has 0 aromatic rings. The van der Waals surface area contributed by atoms with Crippen LogP contribution in [0.15, 0.2) is 0 Å². The van der Waals surface area contributed by atoms with Crippen molar-refractivity contribution in [3.8, 4) is 0 Å². The Balaban J connectivity index is 2.93. The first kappa shape index (κ1) is 15.8. The zero-order valence-corrected chi connectivity index (χ0v) is 11.5. The highest BCUT2D eigenvalue weighted by Crippen LogP contribution is 2.11. The average Bonchev–Trinajstić information content (AvgIpc) is 2.25. The van der Waals surface area contributed by atoms with E-state index in [0.717, 1.165) is 19.3 Å². The third-order valence-corrected chi connectivity index (χ3v) is 3.09. The van der Waals surface area contributed by atoms with E-state index in [1.165, 1.54) is 51.4 Å². The molecule has 0 aromatic carbocycles. The minimum atomic E-state index is 0.332. The van der Waals surface area contributed by atoms with Gasteiger partial charge in [-0.2, -0.15) is 0 Å². The second-order valence-electron chi connectivity index (χ2n) is 4.59. The van der Waals surface area contributed by atoms with E-state index >= 15 is 0 Å². The molecule has 0 amide bonds. The molecule has 0 unspecified atom stereocenters. The SMILES string of the molecule is CC(=O)CCCCCCCCCCCC=S. The number of hydrogen-bond acceptors (Lipinski definition) is 2. The molecule has 16 heavy (non-hydrogen) atoms. The van der Waals surface area contributed by atoms with Gasteiger partial charge in [0, 0.05) is 6.42 Å². The topological polar surface area (TPSA) is 17.1 Å². The molecule has 0 rings (SSSR count). The first-order chi connectivity index (χ1) is 7.77. The maximum Gasteiger partial charge on any atom is 0.129 e. The number of thiocarbonyl (C=S) groups is 1. The van der Waals surface area contributed by atoms with Gasteiger partial charge in [-0.15, -0.1) is 0 Å². The van der Waals surface area contributed by atoms with Gasteiger partial charge >= 0.3 is 0 Å². The smallest absolute Gasteiger partial charge is 0.129 e. The van der Waals surface area contributed by atoms with Crippen molar-refractivity contribution in [1.82, 2.24) is 0 Å². The van der Waals surface area contributed by atoms with Crippen LogP contribution in [0.25, 0.3) is 0 Å². The number of Topliss-reactive ketones (excluding diaryl/α,β-unsaturated/α-hetero) is 1. The lowest BCUT2D eigenvalue weighted by molar-refractivity contribution is -0.117. The monoisotopic (exact) mass is 242 g/mol. The Morgan fingerprint density at radius 2 is 1.31 bits per heavy atom. The van der Waals surface area contributed by atoms with Gasteiger partial charge in [0.25, 0.3) is 0 Å². The molecule has 0 saturated carbocycles. The lowest BCUT2D eigenvalue weighted by atomic mass is 10.1. The molecule has 2 heteroatoms. The molecule has 0 fully saturated rings. The van der Waals surface area contributed by atoms with Crippen molar-refractivity contribution in [2.75, 3.05) is 0 Å². The van der Waals surface area contributed by atoms with Crippen molar-refractivity contribution in [1.29, 1.82) is 0 Å². The van der Waals surface area contributed by atoms with Gasteiger partial charge < -0.3 is 4.79 Å². The van der Waals surface area contributed by atoms with Gasteiger partial charge in [-0.1, -0.05) is 57.2 Å². The van der Waals surface area contributed by atoms with Crippen LogP contribution in [0.3, 0.4) is 0 Å². The highest BCUT2D eigenvalue weighted by atomic mass is 32.1. The van der Waals surface area contributed by atoms with Crippen molar-refractivity contribution in [3.63, 3.8) is 0 Å². The summed E-state index contributed by atoms with van der Waals surface area (Å²) in [7, 11) is 0. The van der Waals surface area contributed by atoms with Crippen molar-refractivity contribution in [2.45, 2.75) is 77.6 Å². The summed E-state index contributed by atoms with van der Waals surface area (Å²) in [5.74, 6) is 0.332. The van der Waals surface area contributed by atoms with Crippen molar-refractivity contribution >= 4 is 23.4 Å². The first-order valence-corrected chi connectivity index (χ1v) is 7.17. The molecule has 0 heterocycles. The lowest BCUT2D eigenvalue weighted by Gasteiger charge is -2.01. The van der Waals surface area contributed by atoms with Crippen LogP contribution < -0.4 is 0 Å². The fraction of sp³-hybridized carbons (Fsp3) is 0.857. The number of carbonyl (C=O) groups is 1. The molecule has 0 aliphatic rings. The summed E-state index contributed by atoms with van der Waals surface area (Å²) in [5, 5.41) is 1.84. The summed E-state index contributed by atoms with van der Waals surface area (Å²) >= 11 is 4.78. The van der Waals surface area contributed by atoms with Crippen LogP contribution in [0.1, 0.15) is 77.6 Å². The zero-order chi connectivity index (χ0) is 12.1. The Labute approximate surface area is 106 Å². The second-order valence-corrected chi connectivity index (χ2v) is 4.92. The number of carbonyl (C=O) groups excluding carboxylic acids is 1. The molecule has 1 nitrogen and oxygen atoms in total. The normalized spacial score (nSPS) is 10.3. The summed E-state index contributed by atoms with van der Waals surface area (Å²) in [5.41, 5.74) is 0. The molecule has 0 bridgehead atoms. The molecule has 0 radical (unpaired) electrons. The van der Waals surface area contributed by atoms with Crippen LogP contribution in [0, 0.1) is 0 Å². The molecule has 0 N–H and O–H groups in total. The Hall–Kier alpha value is -0.240. The molecular formula is C14H26OS. The van der Waals surface area contributed by atoms with Gasteiger partial charge in [-0.3, -0.25) is 0 Å². The van der Waals surface area contributed by atoms with Gasteiger partial charge in [0.15, 0.2) is 0 Å². The minimum absolute atomic E-state index is 0.332. The zero-order valence-electron chi connectivity index (χ0n) is 10.7. The lowest BCUT2D eigenvalue weighted by Crippen LogP contribution is -1.89. The number of ketones is 1. The van der Waals surface area contributed by atoms with Crippen LogP contribution in [0.2, 0.25) is 0 Å². The van der Waals surface area contributed by atoms with Gasteiger partial charge in [0.05, 0.1) is 0 Å². The van der Waals surface area contributed by atoms with E-state index in [9.17, 15) is 4.79 Å². The third kappa shape index (κ3) is 13.8. The Bertz CT molecular complexity index is 178. The number of rotatable bonds is 12. The van der Waals surface area contributed by atoms with E-state index in [0.29, 0.717) is 5.78 Å².